The van der Waals surface area contributed by atoms with Crippen molar-refractivity contribution in [2.24, 2.45) is 0 Å². The highest BCUT2D eigenvalue weighted by molar-refractivity contribution is 6.31. The van der Waals surface area contributed by atoms with Gasteiger partial charge in [-0.1, -0.05) is 11.6 Å². The van der Waals surface area contributed by atoms with Crippen LogP contribution < -0.4 is 5.32 Å². The summed E-state index contributed by atoms with van der Waals surface area (Å²) in [6.45, 7) is 3.92. The van der Waals surface area contributed by atoms with Gasteiger partial charge in [0.05, 0.1) is 5.02 Å². The second-order valence-electron chi connectivity index (χ2n) is 4.35. The number of halogens is 1. The minimum absolute atomic E-state index is 0.127. The van der Waals surface area contributed by atoms with Gasteiger partial charge in [0.2, 0.25) is 11.8 Å². The van der Waals surface area contributed by atoms with Crippen molar-refractivity contribution in [1.29, 1.82) is 0 Å². The van der Waals surface area contributed by atoms with Crippen LogP contribution in [-0.4, -0.2) is 39.8 Å². The number of nitrogens with zero attached hydrogens (tertiary/aromatic N) is 2. The Labute approximate surface area is 115 Å². The molecule has 1 saturated heterocycles. The number of amides is 3. The molecule has 0 radical (unpaired) electrons. The van der Waals surface area contributed by atoms with Crippen LogP contribution in [0.2, 0.25) is 5.02 Å². The number of carbonyl (C=O) groups excluding carboxylic acids is 3. The molecule has 1 aliphatic heterocycles. The number of rotatable bonds is 2. The van der Waals surface area contributed by atoms with Crippen LogP contribution >= 0.6 is 11.6 Å². The maximum atomic E-state index is 12.4. The molecule has 1 atom stereocenters. The van der Waals surface area contributed by atoms with Crippen LogP contribution in [0, 0.1) is 0 Å². The number of aromatic nitrogens is 1. The van der Waals surface area contributed by atoms with Crippen molar-refractivity contribution in [3.05, 3.63) is 23.0 Å². The van der Waals surface area contributed by atoms with E-state index in [2.05, 4.69) is 5.32 Å². The lowest BCUT2D eigenvalue weighted by molar-refractivity contribution is -0.138. The van der Waals surface area contributed by atoms with Crippen LogP contribution in [0.4, 0.5) is 0 Å². The summed E-state index contributed by atoms with van der Waals surface area (Å²) in [5.41, 5.74) is 0.377. The van der Waals surface area contributed by atoms with Crippen molar-refractivity contribution >= 4 is 29.3 Å². The summed E-state index contributed by atoms with van der Waals surface area (Å²) < 4.78 is 1.69. The molecular formula is C12H14ClN3O3. The minimum atomic E-state index is -0.677. The fourth-order valence-corrected chi connectivity index (χ4v) is 2.25. The van der Waals surface area contributed by atoms with E-state index in [1.807, 2.05) is 6.92 Å². The smallest absolute Gasteiger partial charge is 0.271 e. The molecule has 1 unspecified atom stereocenters. The van der Waals surface area contributed by atoms with Crippen LogP contribution in [0.5, 0.6) is 0 Å². The number of carbonyl (C=O) groups is 3. The molecule has 0 aromatic carbocycles. The van der Waals surface area contributed by atoms with Crippen LogP contribution in [0.25, 0.3) is 0 Å². The molecule has 1 fully saturated rings. The monoisotopic (exact) mass is 283 g/mol. The summed E-state index contributed by atoms with van der Waals surface area (Å²) in [6, 6.07) is 0.862. The van der Waals surface area contributed by atoms with Gasteiger partial charge in [0.15, 0.2) is 0 Å². The zero-order valence-corrected chi connectivity index (χ0v) is 11.4. The zero-order chi connectivity index (χ0) is 14.2. The molecule has 7 heteroatoms. The van der Waals surface area contributed by atoms with Gasteiger partial charge in [-0.25, -0.2) is 0 Å². The van der Waals surface area contributed by atoms with E-state index in [0.29, 0.717) is 17.3 Å². The summed E-state index contributed by atoms with van der Waals surface area (Å²) in [5, 5.41) is 2.64. The molecule has 1 N–H and O–H groups in total. The second kappa shape index (κ2) is 5.05. The number of hydrogen-bond acceptors (Lipinski definition) is 3. The molecule has 102 valence electrons. The van der Waals surface area contributed by atoms with Gasteiger partial charge >= 0.3 is 0 Å². The number of imide groups is 1. The van der Waals surface area contributed by atoms with E-state index in [0.717, 1.165) is 0 Å². The lowest BCUT2D eigenvalue weighted by atomic mass is 10.2. The third kappa shape index (κ3) is 2.49. The number of piperazine rings is 1. The predicted octanol–water partition coefficient (Wildman–Crippen LogP) is 0.648. The molecule has 1 aromatic rings. The fraction of sp³-hybridized carbons (Fsp3) is 0.417. The van der Waals surface area contributed by atoms with E-state index in [1.54, 1.807) is 17.7 Å². The van der Waals surface area contributed by atoms with Gasteiger partial charge in [0, 0.05) is 12.7 Å². The third-order valence-corrected chi connectivity index (χ3v) is 3.31. The van der Waals surface area contributed by atoms with Crippen molar-refractivity contribution in [2.75, 3.05) is 6.54 Å². The van der Waals surface area contributed by atoms with E-state index in [9.17, 15) is 14.4 Å². The van der Waals surface area contributed by atoms with Crippen LogP contribution in [-0.2, 0) is 16.1 Å². The Hall–Kier alpha value is -1.82. The van der Waals surface area contributed by atoms with E-state index < -0.39 is 17.9 Å². The van der Waals surface area contributed by atoms with Crippen molar-refractivity contribution in [1.82, 2.24) is 14.8 Å². The Balaban J connectivity index is 2.32. The maximum absolute atomic E-state index is 12.4. The minimum Gasteiger partial charge on any atom is -0.342 e. The highest BCUT2D eigenvalue weighted by atomic mass is 35.5. The SMILES string of the molecule is CCn1cc(Cl)cc1C(=O)N1CC(=O)NC(=O)C1C. The summed E-state index contributed by atoms with van der Waals surface area (Å²) in [5.74, 6) is -1.31. The molecule has 1 aliphatic rings. The molecule has 0 saturated carbocycles. The van der Waals surface area contributed by atoms with E-state index in [-0.39, 0.29) is 12.5 Å². The first-order valence-corrected chi connectivity index (χ1v) is 6.32. The van der Waals surface area contributed by atoms with E-state index in [1.165, 1.54) is 11.0 Å². The predicted molar refractivity (Wildman–Crippen MR) is 68.8 cm³/mol. The van der Waals surface area contributed by atoms with Gasteiger partial charge in [0.25, 0.3) is 5.91 Å². The van der Waals surface area contributed by atoms with Crippen molar-refractivity contribution in [3.8, 4) is 0 Å². The Bertz CT molecular complexity index is 552. The standard InChI is InChI=1S/C12H14ClN3O3/c1-3-15-5-8(13)4-9(15)12(19)16-6-10(17)14-11(18)7(16)2/h4-5,7H,3,6H2,1-2H3,(H,14,17,18). The molecule has 0 spiro atoms. The van der Waals surface area contributed by atoms with E-state index in [4.69, 9.17) is 11.6 Å². The number of aryl methyl sites for hydroxylation is 1. The molecule has 19 heavy (non-hydrogen) atoms. The van der Waals surface area contributed by atoms with Gasteiger partial charge in [-0.3, -0.25) is 19.7 Å². The topological polar surface area (TPSA) is 71.4 Å². The van der Waals surface area contributed by atoms with Crippen LogP contribution in [0.3, 0.4) is 0 Å². The lowest BCUT2D eigenvalue weighted by Crippen LogP contribution is -2.58. The molecule has 0 bridgehead atoms. The average Bonchev–Trinajstić information content (AvgIpc) is 2.74. The largest absolute Gasteiger partial charge is 0.342 e. The Kier molecular flexibility index (Phi) is 3.61. The summed E-state index contributed by atoms with van der Waals surface area (Å²) >= 11 is 5.88. The fourth-order valence-electron chi connectivity index (χ4n) is 2.02. The van der Waals surface area contributed by atoms with Gasteiger partial charge < -0.3 is 9.47 Å². The molecule has 6 nitrogen and oxygen atoms in total. The summed E-state index contributed by atoms with van der Waals surface area (Å²) in [6.07, 6.45) is 1.64. The highest BCUT2D eigenvalue weighted by Crippen LogP contribution is 2.18. The third-order valence-electron chi connectivity index (χ3n) is 3.11. The molecule has 1 aromatic heterocycles. The van der Waals surface area contributed by atoms with Crippen LogP contribution in [0.1, 0.15) is 24.3 Å². The maximum Gasteiger partial charge on any atom is 0.271 e. The first kappa shape index (κ1) is 13.6. The number of nitrogens with one attached hydrogen (secondary N) is 1. The van der Waals surface area contributed by atoms with Crippen LogP contribution in [0.15, 0.2) is 12.3 Å². The molecule has 2 rings (SSSR count). The average molecular weight is 284 g/mol. The van der Waals surface area contributed by atoms with Gasteiger partial charge in [-0.2, -0.15) is 0 Å². The van der Waals surface area contributed by atoms with Crippen molar-refractivity contribution in [3.63, 3.8) is 0 Å². The van der Waals surface area contributed by atoms with Crippen molar-refractivity contribution < 1.29 is 14.4 Å². The highest BCUT2D eigenvalue weighted by Gasteiger charge is 2.34. The van der Waals surface area contributed by atoms with Gasteiger partial charge in [-0.15, -0.1) is 0 Å². The first-order chi connectivity index (χ1) is 8.93. The molecule has 3 amide bonds. The molecule has 2 heterocycles. The van der Waals surface area contributed by atoms with Gasteiger partial charge in [-0.05, 0) is 19.9 Å². The zero-order valence-electron chi connectivity index (χ0n) is 10.6. The number of hydrogen-bond donors (Lipinski definition) is 1. The van der Waals surface area contributed by atoms with E-state index >= 15 is 0 Å². The first-order valence-electron chi connectivity index (χ1n) is 5.94. The Morgan fingerprint density at radius 3 is 2.84 bits per heavy atom. The normalized spacial score (nSPS) is 19.5. The molecular weight excluding hydrogens is 270 g/mol. The summed E-state index contributed by atoms with van der Waals surface area (Å²) in [4.78, 5) is 36.6. The Morgan fingerprint density at radius 2 is 2.21 bits per heavy atom. The summed E-state index contributed by atoms with van der Waals surface area (Å²) in [7, 11) is 0. The molecule has 0 aliphatic carbocycles. The Morgan fingerprint density at radius 1 is 1.53 bits per heavy atom. The lowest BCUT2D eigenvalue weighted by Gasteiger charge is -2.31. The second-order valence-corrected chi connectivity index (χ2v) is 4.79. The van der Waals surface area contributed by atoms with Crippen molar-refractivity contribution in [2.45, 2.75) is 26.4 Å². The van der Waals surface area contributed by atoms with Gasteiger partial charge in [0.1, 0.15) is 18.3 Å². The quantitative estimate of drug-likeness (QED) is 0.810.